The summed E-state index contributed by atoms with van der Waals surface area (Å²) >= 11 is 0. The molecule has 0 heterocycles. The van der Waals surface area contributed by atoms with Gasteiger partial charge >= 0.3 is 6.18 Å². The van der Waals surface area contributed by atoms with Crippen LogP contribution in [0.1, 0.15) is 12.5 Å². The molecule has 0 bridgehead atoms. The molecule has 1 aromatic rings. The Hall–Kier alpha value is -1.61. The number of nitrogens with one attached hydrogen (secondary N) is 2. The fourth-order valence-corrected chi connectivity index (χ4v) is 2.75. The minimum Gasteiger partial charge on any atom is -0.386 e. The van der Waals surface area contributed by atoms with Crippen LogP contribution >= 0.6 is 0 Å². The molecule has 1 atom stereocenters. The van der Waals surface area contributed by atoms with Crippen molar-refractivity contribution in [2.24, 2.45) is 5.73 Å². The van der Waals surface area contributed by atoms with Crippen molar-refractivity contribution in [3.8, 4) is 0 Å². The van der Waals surface area contributed by atoms with Gasteiger partial charge in [0.2, 0.25) is 10.0 Å². The average molecular weight is 295 g/mol. The van der Waals surface area contributed by atoms with Gasteiger partial charge in [0.15, 0.2) is 0 Å². The lowest BCUT2D eigenvalue weighted by Crippen LogP contribution is -2.42. The van der Waals surface area contributed by atoms with Crippen LogP contribution in [0.2, 0.25) is 0 Å². The SMILES string of the molecule is CC(NS(=O)(=O)c1ccccc1C(F)(F)F)C(=N)N. The standard InChI is InChI=1S/C10H12F3N3O2S/c1-6(9(14)15)16-19(17,18)8-5-3-2-4-7(8)10(11,12)13/h2-6,16H,1H3,(H3,14,15). The molecule has 0 saturated carbocycles. The summed E-state index contributed by atoms with van der Waals surface area (Å²) in [4.78, 5) is -0.893. The van der Waals surface area contributed by atoms with Crippen LogP contribution in [0.4, 0.5) is 13.2 Å². The Kier molecular flexibility index (Phi) is 4.21. The van der Waals surface area contributed by atoms with Gasteiger partial charge in [-0.2, -0.15) is 13.2 Å². The minimum absolute atomic E-state index is 0.493. The Morgan fingerprint density at radius 3 is 2.37 bits per heavy atom. The summed E-state index contributed by atoms with van der Waals surface area (Å²) in [5, 5.41) is 7.05. The predicted molar refractivity (Wildman–Crippen MR) is 63.1 cm³/mol. The lowest BCUT2D eigenvalue weighted by Gasteiger charge is -2.16. The van der Waals surface area contributed by atoms with Gasteiger partial charge in [-0.1, -0.05) is 12.1 Å². The molecule has 0 amide bonds. The van der Waals surface area contributed by atoms with Crippen molar-refractivity contribution in [3.63, 3.8) is 0 Å². The van der Waals surface area contributed by atoms with Crippen LogP contribution in [0.5, 0.6) is 0 Å². The Balaban J connectivity index is 3.27. The van der Waals surface area contributed by atoms with Crippen molar-refractivity contribution < 1.29 is 21.6 Å². The monoisotopic (exact) mass is 295 g/mol. The van der Waals surface area contributed by atoms with Crippen molar-refractivity contribution >= 4 is 15.9 Å². The number of rotatable bonds is 4. The van der Waals surface area contributed by atoms with Crippen molar-refractivity contribution in [1.82, 2.24) is 4.72 Å². The molecule has 0 aromatic heterocycles. The number of nitrogens with two attached hydrogens (primary N) is 1. The van der Waals surface area contributed by atoms with Gasteiger partial charge in [-0.25, -0.2) is 13.1 Å². The molecule has 0 spiro atoms. The highest BCUT2D eigenvalue weighted by Crippen LogP contribution is 2.33. The number of benzene rings is 1. The maximum Gasteiger partial charge on any atom is 0.417 e. The zero-order valence-electron chi connectivity index (χ0n) is 9.82. The normalized spacial score (nSPS) is 14.1. The number of alkyl halides is 3. The van der Waals surface area contributed by atoms with Gasteiger partial charge in [0.1, 0.15) is 5.84 Å². The van der Waals surface area contributed by atoms with Crippen LogP contribution in [0.25, 0.3) is 0 Å². The molecule has 19 heavy (non-hydrogen) atoms. The lowest BCUT2D eigenvalue weighted by atomic mass is 10.2. The van der Waals surface area contributed by atoms with Crippen LogP contribution < -0.4 is 10.5 Å². The van der Waals surface area contributed by atoms with Gasteiger partial charge in [-0.3, -0.25) is 5.41 Å². The zero-order valence-corrected chi connectivity index (χ0v) is 10.6. The zero-order chi connectivity index (χ0) is 14.8. The molecule has 0 aliphatic carbocycles. The fourth-order valence-electron chi connectivity index (χ4n) is 1.29. The van der Waals surface area contributed by atoms with Crippen LogP contribution in [0.15, 0.2) is 29.2 Å². The molecular formula is C10H12F3N3O2S. The van der Waals surface area contributed by atoms with E-state index < -0.39 is 38.5 Å². The molecule has 0 radical (unpaired) electrons. The van der Waals surface area contributed by atoms with E-state index in [0.717, 1.165) is 12.1 Å². The molecule has 4 N–H and O–H groups in total. The van der Waals surface area contributed by atoms with Crippen LogP contribution in [0, 0.1) is 5.41 Å². The van der Waals surface area contributed by atoms with Crippen molar-refractivity contribution in [1.29, 1.82) is 5.41 Å². The molecule has 1 aromatic carbocycles. The highest BCUT2D eigenvalue weighted by atomic mass is 32.2. The van der Waals surface area contributed by atoms with E-state index >= 15 is 0 Å². The summed E-state index contributed by atoms with van der Waals surface area (Å²) in [6.45, 7) is 1.26. The molecule has 9 heteroatoms. The summed E-state index contributed by atoms with van der Waals surface area (Å²) in [6, 6.07) is 2.70. The van der Waals surface area contributed by atoms with E-state index in [1.807, 2.05) is 4.72 Å². The number of sulfonamides is 1. The van der Waals surface area contributed by atoms with Crippen molar-refractivity contribution in [2.45, 2.75) is 24.0 Å². The number of halogens is 3. The van der Waals surface area contributed by atoms with Crippen molar-refractivity contribution in [3.05, 3.63) is 29.8 Å². The summed E-state index contributed by atoms with van der Waals surface area (Å²) < 4.78 is 63.8. The van der Waals surface area contributed by atoms with E-state index in [4.69, 9.17) is 11.1 Å². The second kappa shape index (κ2) is 5.17. The van der Waals surface area contributed by atoms with Gasteiger partial charge in [0.25, 0.3) is 0 Å². The summed E-state index contributed by atoms with van der Waals surface area (Å²) in [7, 11) is -4.41. The molecule has 5 nitrogen and oxygen atoms in total. The van der Waals surface area contributed by atoms with Gasteiger partial charge < -0.3 is 5.73 Å². The highest BCUT2D eigenvalue weighted by molar-refractivity contribution is 7.89. The number of hydrogen-bond donors (Lipinski definition) is 3. The second-order valence-electron chi connectivity index (χ2n) is 3.79. The van der Waals surface area contributed by atoms with Gasteiger partial charge in [0.05, 0.1) is 16.5 Å². The fraction of sp³-hybridized carbons (Fsp3) is 0.300. The maximum atomic E-state index is 12.7. The van der Waals surface area contributed by atoms with Crippen LogP contribution in [-0.2, 0) is 16.2 Å². The quantitative estimate of drug-likeness (QED) is 0.577. The number of hydrogen-bond acceptors (Lipinski definition) is 3. The Morgan fingerprint density at radius 1 is 1.37 bits per heavy atom. The summed E-state index contributed by atoms with van der Waals surface area (Å²) in [5.74, 6) is -0.493. The van der Waals surface area contributed by atoms with Crippen LogP contribution in [-0.4, -0.2) is 20.3 Å². The van der Waals surface area contributed by atoms with E-state index in [1.54, 1.807) is 0 Å². The smallest absolute Gasteiger partial charge is 0.386 e. The third-order valence-electron chi connectivity index (χ3n) is 2.28. The van der Waals surface area contributed by atoms with E-state index in [-0.39, 0.29) is 0 Å². The van der Waals surface area contributed by atoms with Gasteiger partial charge in [-0.15, -0.1) is 0 Å². The molecule has 1 rings (SSSR count). The summed E-state index contributed by atoms with van der Waals surface area (Å²) in [5.41, 5.74) is 3.81. The minimum atomic E-state index is -4.79. The highest BCUT2D eigenvalue weighted by Gasteiger charge is 2.37. The van der Waals surface area contributed by atoms with Gasteiger partial charge in [-0.05, 0) is 19.1 Å². The summed E-state index contributed by atoms with van der Waals surface area (Å²) in [6.07, 6.45) is -4.79. The van der Waals surface area contributed by atoms with E-state index in [0.29, 0.717) is 6.07 Å². The molecule has 0 fully saturated rings. The maximum absolute atomic E-state index is 12.7. The molecule has 1 unspecified atom stereocenters. The van der Waals surface area contributed by atoms with E-state index in [9.17, 15) is 21.6 Å². The first-order valence-electron chi connectivity index (χ1n) is 5.08. The Bertz CT molecular complexity index is 584. The first kappa shape index (κ1) is 15.4. The van der Waals surface area contributed by atoms with Crippen molar-refractivity contribution in [2.75, 3.05) is 0 Å². The number of amidine groups is 1. The molecule has 0 aliphatic heterocycles. The first-order chi connectivity index (χ1) is 8.55. The molecule has 106 valence electrons. The predicted octanol–water partition coefficient (Wildman–Crippen LogP) is 1.31. The largest absolute Gasteiger partial charge is 0.417 e. The Labute approximate surface area is 108 Å². The average Bonchev–Trinajstić information content (AvgIpc) is 2.27. The topological polar surface area (TPSA) is 96.0 Å². The second-order valence-corrected chi connectivity index (χ2v) is 5.47. The molecule has 0 saturated heterocycles. The first-order valence-corrected chi connectivity index (χ1v) is 6.56. The lowest BCUT2D eigenvalue weighted by molar-refractivity contribution is -0.139. The van der Waals surface area contributed by atoms with E-state index in [2.05, 4.69) is 0 Å². The Morgan fingerprint density at radius 2 is 1.89 bits per heavy atom. The van der Waals surface area contributed by atoms with Gasteiger partial charge in [0, 0.05) is 0 Å². The molecule has 0 aliphatic rings. The molecular weight excluding hydrogens is 283 g/mol. The third-order valence-corrected chi connectivity index (χ3v) is 3.88. The van der Waals surface area contributed by atoms with E-state index in [1.165, 1.54) is 13.0 Å². The van der Waals surface area contributed by atoms with Crippen LogP contribution in [0.3, 0.4) is 0 Å². The third kappa shape index (κ3) is 3.67.